The lowest BCUT2D eigenvalue weighted by molar-refractivity contribution is 0.374. The number of rotatable bonds is 3. The van der Waals surface area contributed by atoms with E-state index in [1.807, 2.05) is 31.3 Å². The van der Waals surface area contributed by atoms with Crippen molar-refractivity contribution in [2.45, 2.75) is 12.4 Å². The molecule has 1 atom stereocenters. The van der Waals surface area contributed by atoms with Crippen LogP contribution in [0.3, 0.4) is 0 Å². The maximum atomic E-state index is 6.01. The summed E-state index contributed by atoms with van der Waals surface area (Å²) in [7, 11) is 10.0. The van der Waals surface area contributed by atoms with Crippen molar-refractivity contribution in [1.29, 1.82) is 0 Å². The zero-order chi connectivity index (χ0) is 10.8. The zero-order valence-electron chi connectivity index (χ0n) is 9.20. The fraction of sp³-hybridized carbons (Fsp3) is 0.333. The van der Waals surface area contributed by atoms with E-state index >= 15 is 0 Å². The van der Waals surface area contributed by atoms with E-state index in [-0.39, 0.29) is 5.94 Å². The monoisotopic (exact) mass is 198 g/mol. The van der Waals surface area contributed by atoms with Gasteiger partial charge in [-0.05, 0) is 38.1 Å². The van der Waals surface area contributed by atoms with Gasteiger partial charge >= 0.3 is 0 Å². The SMILES string of the molecule is [B]C(Cc1c[nH]c2ccccc12)N(C)C. The van der Waals surface area contributed by atoms with Crippen LogP contribution in [0.4, 0.5) is 0 Å². The van der Waals surface area contributed by atoms with E-state index in [9.17, 15) is 0 Å². The van der Waals surface area contributed by atoms with E-state index in [0.717, 1.165) is 6.42 Å². The van der Waals surface area contributed by atoms with Crippen molar-refractivity contribution in [3.63, 3.8) is 0 Å². The number of hydrogen-bond donors (Lipinski definition) is 1. The molecule has 15 heavy (non-hydrogen) atoms. The number of fused-ring (bicyclic) bond motifs is 1. The second-order valence-corrected chi connectivity index (χ2v) is 4.09. The number of hydrogen-bond acceptors (Lipinski definition) is 1. The van der Waals surface area contributed by atoms with Crippen LogP contribution in [0.15, 0.2) is 30.5 Å². The van der Waals surface area contributed by atoms with Crippen LogP contribution < -0.4 is 0 Å². The van der Waals surface area contributed by atoms with Crippen molar-refractivity contribution in [1.82, 2.24) is 9.88 Å². The zero-order valence-corrected chi connectivity index (χ0v) is 9.20. The van der Waals surface area contributed by atoms with Gasteiger partial charge in [-0.25, -0.2) is 0 Å². The van der Waals surface area contributed by atoms with E-state index < -0.39 is 0 Å². The van der Waals surface area contributed by atoms with Crippen LogP contribution in [0.1, 0.15) is 5.56 Å². The van der Waals surface area contributed by atoms with Crippen molar-refractivity contribution in [2.75, 3.05) is 14.1 Å². The smallest absolute Gasteiger partial charge is 0.0914 e. The second-order valence-electron chi connectivity index (χ2n) is 4.09. The first-order valence-electron chi connectivity index (χ1n) is 5.15. The third-order valence-electron chi connectivity index (χ3n) is 2.77. The van der Waals surface area contributed by atoms with E-state index in [1.54, 1.807) is 0 Å². The molecule has 1 heterocycles. The summed E-state index contributed by atoms with van der Waals surface area (Å²) in [6.45, 7) is 0. The van der Waals surface area contributed by atoms with Gasteiger partial charge in [-0.2, -0.15) is 0 Å². The molecule has 1 aromatic carbocycles. The Balaban J connectivity index is 2.29. The van der Waals surface area contributed by atoms with Crippen LogP contribution in [-0.4, -0.2) is 37.8 Å². The minimum absolute atomic E-state index is 0.0733. The molecule has 3 heteroatoms. The Hall–Kier alpha value is -1.22. The maximum Gasteiger partial charge on any atom is 0.0914 e. The highest BCUT2D eigenvalue weighted by atomic mass is 15.1. The van der Waals surface area contributed by atoms with Crippen LogP contribution >= 0.6 is 0 Å². The minimum atomic E-state index is 0.0733. The maximum absolute atomic E-state index is 6.01. The first-order chi connectivity index (χ1) is 7.18. The molecule has 0 saturated heterocycles. The van der Waals surface area contributed by atoms with Gasteiger partial charge in [0.25, 0.3) is 0 Å². The molecule has 0 amide bonds. The Morgan fingerprint density at radius 3 is 2.80 bits per heavy atom. The number of para-hydroxylation sites is 1. The van der Waals surface area contributed by atoms with Gasteiger partial charge in [-0.1, -0.05) is 18.2 Å². The lowest BCUT2D eigenvalue weighted by atomic mass is 9.89. The topological polar surface area (TPSA) is 19.0 Å². The molecular weight excluding hydrogens is 183 g/mol. The molecule has 0 aliphatic rings. The molecule has 0 bridgehead atoms. The molecule has 2 radical (unpaired) electrons. The Labute approximate surface area is 91.7 Å². The summed E-state index contributed by atoms with van der Waals surface area (Å²) >= 11 is 0. The summed E-state index contributed by atoms with van der Waals surface area (Å²) < 4.78 is 0. The van der Waals surface area contributed by atoms with Gasteiger partial charge in [0.15, 0.2) is 0 Å². The van der Waals surface area contributed by atoms with Gasteiger partial charge in [0.1, 0.15) is 0 Å². The molecular formula is C12H15BN2. The molecule has 0 spiro atoms. The third-order valence-corrected chi connectivity index (χ3v) is 2.77. The Bertz CT molecular complexity index is 448. The minimum Gasteiger partial charge on any atom is -0.361 e. The molecule has 1 unspecified atom stereocenters. The van der Waals surface area contributed by atoms with Crippen LogP contribution in [-0.2, 0) is 6.42 Å². The van der Waals surface area contributed by atoms with E-state index in [4.69, 9.17) is 7.85 Å². The van der Waals surface area contributed by atoms with Gasteiger partial charge in [0.05, 0.1) is 7.85 Å². The summed E-state index contributed by atoms with van der Waals surface area (Å²) in [4.78, 5) is 5.29. The number of nitrogens with zero attached hydrogens (tertiary/aromatic N) is 1. The molecule has 2 nitrogen and oxygen atoms in total. The van der Waals surface area contributed by atoms with Crippen LogP contribution in [0, 0.1) is 0 Å². The normalized spacial score (nSPS) is 13.5. The quantitative estimate of drug-likeness (QED) is 0.744. The fourth-order valence-electron chi connectivity index (χ4n) is 1.71. The van der Waals surface area contributed by atoms with E-state index in [1.165, 1.54) is 16.5 Å². The van der Waals surface area contributed by atoms with Crippen molar-refractivity contribution in [2.24, 2.45) is 0 Å². The number of benzene rings is 1. The van der Waals surface area contributed by atoms with Gasteiger partial charge in [-0.3, -0.25) is 0 Å². The summed E-state index contributed by atoms with van der Waals surface area (Å²) in [5.74, 6) is 0.0733. The van der Waals surface area contributed by atoms with E-state index in [2.05, 4.69) is 23.2 Å². The summed E-state index contributed by atoms with van der Waals surface area (Å²) in [6.07, 6.45) is 2.92. The van der Waals surface area contributed by atoms with Gasteiger partial charge < -0.3 is 9.88 Å². The number of aromatic amines is 1. The largest absolute Gasteiger partial charge is 0.361 e. The number of nitrogens with one attached hydrogen (secondary N) is 1. The predicted octanol–water partition coefficient (Wildman–Crippen LogP) is 1.77. The van der Waals surface area contributed by atoms with Crippen molar-refractivity contribution in [3.05, 3.63) is 36.0 Å². The summed E-state index contributed by atoms with van der Waals surface area (Å²) in [5, 5.41) is 1.27. The van der Waals surface area contributed by atoms with Crippen LogP contribution in [0.25, 0.3) is 10.9 Å². The molecule has 2 aromatic rings. The average Bonchev–Trinajstić information content (AvgIpc) is 2.62. The average molecular weight is 198 g/mol. The Morgan fingerprint density at radius 2 is 2.07 bits per heavy atom. The first kappa shape index (κ1) is 10.3. The molecule has 1 aromatic heterocycles. The van der Waals surface area contributed by atoms with Gasteiger partial charge in [0.2, 0.25) is 0 Å². The number of H-pyrrole nitrogens is 1. The fourth-order valence-corrected chi connectivity index (χ4v) is 1.71. The summed E-state index contributed by atoms with van der Waals surface area (Å²) in [6, 6.07) is 8.30. The third kappa shape index (κ3) is 2.07. The second kappa shape index (κ2) is 4.11. The first-order valence-corrected chi connectivity index (χ1v) is 5.15. The van der Waals surface area contributed by atoms with Crippen molar-refractivity contribution >= 4 is 18.7 Å². The standard InChI is InChI=1S/C12H15BN2/c1-15(2)12(13)7-9-8-14-11-6-4-3-5-10(9)11/h3-6,8,12,14H,7H2,1-2H3. The van der Waals surface area contributed by atoms with Crippen LogP contribution in [0.2, 0.25) is 0 Å². The molecule has 0 saturated carbocycles. The molecule has 0 aliphatic heterocycles. The van der Waals surface area contributed by atoms with Gasteiger partial charge in [-0.15, -0.1) is 0 Å². The Kier molecular flexibility index (Phi) is 2.82. The predicted molar refractivity (Wildman–Crippen MR) is 65.2 cm³/mol. The van der Waals surface area contributed by atoms with E-state index in [0.29, 0.717) is 0 Å². The lowest BCUT2D eigenvalue weighted by Crippen LogP contribution is -2.30. The molecule has 0 aliphatic carbocycles. The lowest BCUT2D eigenvalue weighted by Gasteiger charge is -2.19. The highest BCUT2D eigenvalue weighted by molar-refractivity contribution is 6.12. The molecule has 0 fully saturated rings. The molecule has 2 rings (SSSR count). The van der Waals surface area contributed by atoms with Gasteiger partial charge in [0, 0.05) is 17.1 Å². The van der Waals surface area contributed by atoms with Crippen molar-refractivity contribution < 1.29 is 0 Å². The number of aromatic nitrogens is 1. The molecule has 1 N–H and O–H groups in total. The molecule has 76 valence electrons. The highest BCUT2D eigenvalue weighted by Gasteiger charge is 2.08. The Morgan fingerprint density at radius 1 is 1.33 bits per heavy atom. The number of likely N-dealkylation sites (N-methyl/N-ethyl adjacent to an activating group) is 1. The highest BCUT2D eigenvalue weighted by Crippen LogP contribution is 2.19. The summed E-state index contributed by atoms with van der Waals surface area (Å²) in [5.41, 5.74) is 2.46. The van der Waals surface area contributed by atoms with Crippen LogP contribution in [0.5, 0.6) is 0 Å². The van der Waals surface area contributed by atoms with Crippen molar-refractivity contribution in [3.8, 4) is 0 Å².